The second-order valence-corrected chi connectivity index (χ2v) is 5.87. The highest BCUT2D eigenvalue weighted by Crippen LogP contribution is 2.14. The average Bonchev–Trinajstić information content (AvgIpc) is 2.42. The highest BCUT2D eigenvalue weighted by atomic mass is 32.2. The third kappa shape index (κ3) is 3.84. The molecule has 0 bridgehead atoms. The summed E-state index contributed by atoms with van der Waals surface area (Å²) in [5.41, 5.74) is 0. The molecule has 4 heteroatoms. The first-order valence-corrected chi connectivity index (χ1v) is 7.64. The maximum absolute atomic E-state index is 9.05. The van der Waals surface area contributed by atoms with Crippen LogP contribution >= 0.6 is 23.5 Å². The standard InChI is InChI=1S/C14H14N2S2/c1-3-17-13(9-15)11-5-7-12(8-6-11)14(10-16)18-4-2/h5-8H,3-4H2,1-2H3. The fourth-order valence-electron chi connectivity index (χ4n) is 1.42. The molecule has 0 amide bonds. The van der Waals surface area contributed by atoms with Crippen molar-refractivity contribution in [3.63, 3.8) is 0 Å². The molecule has 1 aromatic carbocycles. The molecule has 1 rings (SSSR count). The predicted octanol–water partition coefficient (Wildman–Crippen LogP) is 2.46. The van der Waals surface area contributed by atoms with E-state index in [0.29, 0.717) is 0 Å². The summed E-state index contributed by atoms with van der Waals surface area (Å²) in [6, 6.07) is 12.0. The first-order chi connectivity index (χ1) is 8.76. The van der Waals surface area contributed by atoms with Gasteiger partial charge in [-0.15, -0.1) is 23.5 Å². The van der Waals surface area contributed by atoms with Crippen molar-refractivity contribution >= 4 is 33.3 Å². The lowest BCUT2D eigenvalue weighted by molar-refractivity contribution is 1.49. The first kappa shape index (κ1) is 14.7. The van der Waals surface area contributed by atoms with Gasteiger partial charge >= 0.3 is 0 Å². The number of nitrogens with zero attached hydrogens (tertiary/aromatic N) is 2. The number of hydrogen-bond donors (Lipinski definition) is 0. The molecule has 0 N–H and O–H groups in total. The Balaban J connectivity index is 3.30. The van der Waals surface area contributed by atoms with Gasteiger partial charge in [-0.2, -0.15) is 10.5 Å². The molecule has 0 unspecified atom stereocenters. The van der Waals surface area contributed by atoms with Crippen LogP contribution < -0.4 is 10.4 Å². The summed E-state index contributed by atoms with van der Waals surface area (Å²) >= 11 is 3.08. The van der Waals surface area contributed by atoms with Crippen LogP contribution in [0.5, 0.6) is 0 Å². The lowest BCUT2D eigenvalue weighted by atomic mass is 10.2. The number of hydrogen-bond acceptors (Lipinski definition) is 4. The van der Waals surface area contributed by atoms with Gasteiger partial charge in [-0.25, -0.2) is 0 Å². The molecule has 0 aliphatic heterocycles. The highest BCUT2D eigenvalue weighted by Gasteiger charge is 1.98. The predicted molar refractivity (Wildman–Crippen MR) is 80.0 cm³/mol. The summed E-state index contributed by atoms with van der Waals surface area (Å²) in [4.78, 5) is 1.46. The van der Waals surface area contributed by atoms with E-state index in [1.165, 1.54) is 23.5 Å². The molecule has 0 aliphatic rings. The van der Waals surface area contributed by atoms with Gasteiger partial charge in [0.2, 0.25) is 0 Å². The summed E-state index contributed by atoms with van der Waals surface area (Å²) in [6.07, 6.45) is 0. The Morgan fingerprint density at radius 2 is 1.22 bits per heavy atom. The minimum absolute atomic E-state index is 0.728. The minimum Gasteiger partial charge on any atom is -0.192 e. The molecule has 0 spiro atoms. The van der Waals surface area contributed by atoms with Crippen LogP contribution in [0.3, 0.4) is 0 Å². The molecule has 0 aliphatic carbocycles. The van der Waals surface area contributed by atoms with Crippen molar-refractivity contribution in [1.29, 1.82) is 10.5 Å². The second-order valence-electron chi connectivity index (χ2n) is 3.33. The van der Waals surface area contributed by atoms with Crippen LogP contribution in [0.1, 0.15) is 13.8 Å². The van der Waals surface area contributed by atoms with Gasteiger partial charge in [0, 0.05) is 0 Å². The largest absolute Gasteiger partial charge is 0.192 e. The number of thioether (sulfide) groups is 2. The van der Waals surface area contributed by atoms with E-state index >= 15 is 0 Å². The Labute approximate surface area is 116 Å². The van der Waals surface area contributed by atoms with Crippen LogP contribution in [0, 0.1) is 22.7 Å². The van der Waals surface area contributed by atoms with Crippen molar-refractivity contribution in [3.8, 4) is 12.1 Å². The Morgan fingerprint density at radius 3 is 1.44 bits per heavy atom. The second kappa shape index (κ2) is 7.87. The summed E-state index contributed by atoms with van der Waals surface area (Å²) in [5, 5.41) is 19.9. The maximum Gasteiger partial charge on any atom is 0.107 e. The fourth-order valence-corrected chi connectivity index (χ4v) is 2.73. The van der Waals surface area contributed by atoms with E-state index in [4.69, 9.17) is 10.5 Å². The van der Waals surface area contributed by atoms with Gasteiger partial charge in [0.25, 0.3) is 0 Å². The zero-order chi connectivity index (χ0) is 13.4. The van der Waals surface area contributed by atoms with E-state index in [0.717, 1.165) is 31.8 Å². The van der Waals surface area contributed by atoms with Crippen LogP contribution in [0.4, 0.5) is 0 Å². The quantitative estimate of drug-likeness (QED) is 0.846. The van der Waals surface area contributed by atoms with Crippen molar-refractivity contribution in [1.82, 2.24) is 0 Å². The lowest BCUT2D eigenvalue weighted by Crippen LogP contribution is -2.10. The number of benzene rings is 1. The minimum atomic E-state index is 0.728. The fraction of sp³-hybridized carbons (Fsp3) is 0.286. The molecular formula is C14H14N2S2. The third-order valence-corrected chi connectivity index (χ3v) is 4.00. The van der Waals surface area contributed by atoms with Crippen LogP contribution in [0.25, 0.3) is 9.81 Å². The molecule has 0 saturated heterocycles. The Morgan fingerprint density at radius 1 is 0.889 bits per heavy atom. The van der Waals surface area contributed by atoms with Gasteiger partial charge in [-0.3, -0.25) is 0 Å². The van der Waals surface area contributed by atoms with Crippen LogP contribution in [0.15, 0.2) is 24.3 Å². The molecule has 18 heavy (non-hydrogen) atoms. The molecule has 0 atom stereocenters. The van der Waals surface area contributed by atoms with E-state index in [1.807, 2.05) is 38.1 Å². The molecule has 1 aromatic rings. The zero-order valence-corrected chi connectivity index (χ0v) is 12.1. The number of nitriles is 2. The lowest BCUT2D eigenvalue weighted by Gasteiger charge is -1.97. The van der Waals surface area contributed by atoms with Gasteiger partial charge in [-0.1, -0.05) is 38.1 Å². The summed E-state index contributed by atoms with van der Waals surface area (Å²) < 4.78 is 0. The van der Waals surface area contributed by atoms with Gasteiger partial charge in [0.15, 0.2) is 0 Å². The van der Waals surface area contributed by atoms with Gasteiger partial charge in [0.1, 0.15) is 12.1 Å². The maximum atomic E-state index is 9.05. The van der Waals surface area contributed by atoms with E-state index in [1.54, 1.807) is 0 Å². The molecule has 92 valence electrons. The van der Waals surface area contributed by atoms with E-state index in [-0.39, 0.29) is 0 Å². The van der Waals surface area contributed by atoms with E-state index in [9.17, 15) is 0 Å². The average molecular weight is 274 g/mol. The van der Waals surface area contributed by atoms with Crippen LogP contribution in [-0.4, -0.2) is 11.5 Å². The normalized spacial score (nSPS) is 9.33. The van der Waals surface area contributed by atoms with E-state index < -0.39 is 0 Å². The van der Waals surface area contributed by atoms with Crippen LogP contribution in [0.2, 0.25) is 0 Å². The Hall–Kier alpha value is -1.36. The van der Waals surface area contributed by atoms with Crippen molar-refractivity contribution in [3.05, 3.63) is 34.7 Å². The monoisotopic (exact) mass is 274 g/mol. The molecule has 0 fully saturated rings. The van der Waals surface area contributed by atoms with Crippen LogP contribution in [-0.2, 0) is 0 Å². The molecule has 0 radical (unpaired) electrons. The molecule has 0 heterocycles. The van der Waals surface area contributed by atoms with Crippen molar-refractivity contribution in [2.45, 2.75) is 13.8 Å². The number of rotatable bonds is 4. The first-order valence-electron chi connectivity index (χ1n) is 5.67. The SMILES string of the molecule is CCSC(C#N)=c1ccc(=C(C#N)SCC)cc1. The summed E-state index contributed by atoms with van der Waals surface area (Å²) in [5.74, 6) is 1.76. The Bertz CT molecular complexity index is 528. The summed E-state index contributed by atoms with van der Waals surface area (Å²) in [7, 11) is 0. The topological polar surface area (TPSA) is 47.6 Å². The third-order valence-electron chi connectivity index (χ3n) is 2.19. The zero-order valence-electron chi connectivity index (χ0n) is 10.4. The molecule has 2 nitrogen and oxygen atoms in total. The van der Waals surface area contributed by atoms with E-state index in [2.05, 4.69) is 12.1 Å². The molecule has 0 aromatic heterocycles. The smallest absolute Gasteiger partial charge is 0.107 e. The molecule has 0 saturated carbocycles. The van der Waals surface area contributed by atoms with Gasteiger partial charge in [0.05, 0.1) is 9.81 Å². The molecular weight excluding hydrogens is 260 g/mol. The Kier molecular flexibility index (Phi) is 6.43. The summed E-state index contributed by atoms with van der Waals surface area (Å²) in [6.45, 7) is 4.05. The van der Waals surface area contributed by atoms with Crippen molar-refractivity contribution in [2.24, 2.45) is 0 Å². The van der Waals surface area contributed by atoms with Gasteiger partial charge in [-0.05, 0) is 21.9 Å². The highest BCUT2D eigenvalue weighted by molar-refractivity contribution is 8.08. The van der Waals surface area contributed by atoms with Gasteiger partial charge < -0.3 is 0 Å². The van der Waals surface area contributed by atoms with Crippen molar-refractivity contribution in [2.75, 3.05) is 11.5 Å². The van der Waals surface area contributed by atoms with Crippen molar-refractivity contribution < 1.29 is 0 Å².